The van der Waals surface area contributed by atoms with Gasteiger partial charge in [-0.1, -0.05) is 18.2 Å². The summed E-state index contributed by atoms with van der Waals surface area (Å²) < 4.78 is 8.02. The van der Waals surface area contributed by atoms with Crippen molar-refractivity contribution in [3.63, 3.8) is 0 Å². The van der Waals surface area contributed by atoms with Crippen molar-refractivity contribution in [3.05, 3.63) is 231 Å². The summed E-state index contributed by atoms with van der Waals surface area (Å²) in [5.41, 5.74) is 6.92. The summed E-state index contributed by atoms with van der Waals surface area (Å²) in [6.45, 7) is 0. The summed E-state index contributed by atoms with van der Waals surface area (Å²) in [4.78, 5) is 2.42. The molecule has 0 aliphatic carbocycles. The molecule has 3 heteroatoms. The minimum absolute atomic E-state index is 1.12. The monoisotopic (exact) mass is 764 g/mol. The van der Waals surface area contributed by atoms with Gasteiger partial charge in [0.1, 0.15) is 0 Å². The molecule has 260 valence electrons. The zero-order valence-electron chi connectivity index (χ0n) is 30.3. The van der Waals surface area contributed by atoms with Gasteiger partial charge >= 0.3 is 308 Å². The van der Waals surface area contributed by atoms with Gasteiger partial charge in [0.25, 0.3) is 0 Å². The fraction of sp³-hybridized carbons (Fsp3) is 0. The smallest absolute Gasteiger partial charge is 0.0602 e. The van der Waals surface area contributed by atoms with Gasteiger partial charge in [-0.3, -0.25) is 0 Å². The first kappa shape index (κ1) is 33.0. The fourth-order valence-corrected chi connectivity index (χ4v) is 18.6. The van der Waals surface area contributed by atoms with Crippen molar-refractivity contribution in [2.45, 2.75) is 0 Å². The Balaban J connectivity index is 1.19. The normalized spacial score (nSPS) is 11.6. The second-order valence-corrected chi connectivity index (χ2v) is 22.1. The van der Waals surface area contributed by atoms with E-state index in [-0.39, 0.29) is 0 Å². The third kappa shape index (κ3) is 5.65. The third-order valence-electron chi connectivity index (χ3n) is 11.1. The maximum atomic E-state index is 2.42. The summed E-state index contributed by atoms with van der Waals surface area (Å²) >= 11 is -3.42. The summed E-state index contributed by atoms with van der Waals surface area (Å²) in [7, 11) is 0. The molecule has 55 heavy (non-hydrogen) atoms. The molecular weight excluding hydrogens is 725 g/mol. The molecule has 0 radical (unpaired) electrons. The van der Waals surface area contributed by atoms with Crippen molar-refractivity contribution in [1.29, 1.82) is 0 Å². The Morgan fingerprint density at radius 3 is 1.40 bits per heavy atom. The maximum absolute atomic E-state index is 3.42. The van der Waals surface area contributed by atoms with Gasteiger partial charge in [-0.2, -0.15) is 0 Å². The van der Waals surface area contributed by atoms with Gasteiger partial charge in [0.15, 0.2) is 0 Å². The predicted molar refractivity (Wildman–Crippen MR) is 237 cm³/mol. The molecule has 0 N–H and O–H groups in total. The molecule has 0 unspecified atom stereocenters. The Morgan fingerprint density at radius 1 is 0.309 bits per heavy atom. The van der Waals surface area contributed by atoms with Gasteiger partial charge in [-0.25, -0.2) is 0 Å². The van der Waals surface area contributed by atoms with Crippen molar-refractivity contribution >= 4 is 80.5 Å². The topological polar surface area (TPSA) is 8.17 Å². The number of hydrogen-bond acceptors (Lipinski definition) is 1. The Kier molecular flexibility index (Phi) is 8.39. The quantitative estimate of drug-likeness (QED) is 0.140. The molecule has 10 aromatic rings. The van der Waals surface area contributed by atoms with E-state index in [1.165, 1.54) is 50.2 Å². The molecule has 0 aliphatic rings. The molecule has 10 rings (SSSR count). The Bertz CT molecular complexity index is 2810. The Morgan fingerprint density at radius 2 is 0.764 bits per heavy atom. The van der Waals surface area contributed by atoms with Crippen LogP contribution in [0.4, 0.5) is 17.1 Å². The number of nitrogens with zero attached hydrogens (tertiary/aromatic N) is 2. The van der Waals surface area contributed by atoms with Crippen molar-refractivity contribution < 1.29 is 0 Å². The summed E-state index contributed by atoms with van der Waals surface area (Å²) in [6, 6.07) is 85.0. The number of anilines is 3. The number of benzene rings is 9. The fourth-order valence-electron chi connectivity index (χ4n) is 8.64. The van der Waals surface area contributed by atoms with E-state index in [9.17, 15) is 0 Å². The minimum atomic E-state index is -3.42. The van der Waals surface area contributed by atoms with E-state index in [1.807, 2.05) is 0 Å². The van der Waals surface area contributed by atoms with Crippen LogP contribution in [0.25, 0.3) is 38.3 Å². The predicted octanol–water partition coefficient (Wildman–Crippen LogP) is 10.8. The average Bonchev–Trinajstić information content (AvgIpc) is 3.60. The molecule has 2 nitrogen and oxygen atoms in total. The second-order valence-electron chi connectivity index (χ2n) is 14.2. The van der Waals surface area contributed by atoms with Crippen molar-refractivity contribution in [1.82, 2.24) is 4.57 Å². The van der Waals surface area contributed by atoms with E-state index < -0.39 is 13.3 Å². The molecule has 0 atom stereocenters. The van der Waals surface area contributed by atoms with E-state index in [2.05, 4.69) is 240 Å². The van der Waals surface area contributed by atoms with Crippen molar-refractivity contribution in [2.24, 2.45) is 0 Å². The van der Waals surface area contributed by atoms with Gasteiger partial charge in [0.2, 0.25) is 0 Å². The zero-order chi connectivity index (χ0) is 36.6. The standard InChI is InChI=1S/C52H38GeN2/c1-5-19-41(20-6-1)53(42-21-7-2-8-22-42,43-23-9-3-10-24-43)44-30-33-46(34-31-44)54(47-32-29-39-17-13-14-18-40(39)37-47)48-35-36-52-50(38-48)49-27-15-16-28-51(49)55(52)45-25-11-4-12-26-45/h1-38H. The Hall–Kier alpha value is -6.62. The molecule has 0 bridgehead atoms. The van der Waals surface area contributed by atoms with Crippen LogP contribution in [-0.2, 0) is 0 Å². The van der Waals surface area contributed by atoms with Crippen molar-refractivity contribution in [2.75, 3.05) is 4.90 Å². The van der Waals surface area contributed by atoms with Gasteiger partial charge in [0, 0.05) is 0 Å². The molecular formula is C52H38GeN2. The van der Waals surface area contributed by atoms with Crippen LogP contribution in [0.15, 0.2) is 231 Å². The molecule has 0 spiro atoms. The molecule has 0 saturated carbocycles. The molecule has 0 amide bonds. The van der Waals surface area contributed by atoms with Gasteiger partial charge in [-0.15, -0.1) is 0 Å². The van der Waals surface area contributed by atoms with Crippen LogP contribution in [0.5, 0.6) is 0 Å². The van der Waals surface area contributed by atoms with Crippen LogP contribution in [0, 0.1) is 0 Å². The number of rotatable bonds is 8. The first-order valence-corrected chi connectivity index (χ1v) is 23.1. The van der Waals surface area contributed by atoms with E-state index in [0.717, 1.165) is 22.7 Å². The zero-order valence-corrected chi connectivity index (χ0v) is 32.4. The summed E-state index contributed by atoms with van der Waals surface area (Å²) in [5, 5.41) is 4.91. The molecule has 0 aliphatic heterocycles. The third-order valence-corrected chi connectivity index (χ3v) is 21.2. The van der Waals surface area contributed by atoms with E-state index in [1.54, 1.807) is 0 Å². The minimum Gasteiger partial charge on any atom is -0.0602 e. The average molecular weight is 764 g/mol. The van der Waals surface area contributed by atoms with Crippen LogP contribution >= 0.6 is 0 Å². The van der Waals surface area contributed by atoms with Crippen molar-refractivity contribution in [3.8, 4) is 5.69 Å². The van der Waals surface area contributed by atoms with Crippen LogP contribution < -0.4 is 22.5 Å². The number of aromatic nitrogens is 1. The molecule has 0 fully saturated rings. The first-order valence-electron chi connectivity index (χ1n) is 18.9. The second kappa shape index (κ2) is 14.0. The molecule has 1 heterocycles. The van der Waals surface area contributed by atoms with Crippen LogP contribution in [0.2, 0.25) is 0 Å². The molecule has 1 aromatic heterocycles. The van der Waals surface area contributed by atoms with Crippen LogP contribution in [-0.4, -0.2) is 17.8 Å². The van der Waals surface area contributed by atoms with E-state index in [0.29, 0.717) is 0 Å². The number of hydrogen-bond donors (Lipinski definition) is 0. The van der Waals surface area contributed by atoms with Crippen LogP contribution in [0.1, 0.15) is 0 Å². The first-order chi connectivity index (χ1) is 27.3. The number of para-hydroxylation sites is 2. The van der Waals surface area contributed by atoms with Gasteiger partial charge < -0.3 is 0 Å². The molecule has 9 aromatic carbocycles. The summed E-state index contributed by atoms with van der Waals surface area (Å²) in [6.07, 6.45) is 0. The summed E-state index contributed by atoms with van der Waals surface area (Å²) in [5.74, 6) is 0. The van der Waals surface area contributed by atoms with Crippen LogP contribution in [0.3, 0.4) is 0 Å². The van der Waals surface area contributed by atoms with E-state index >= 15 is 0 Å². The van der Waals surface area contributed by atoms with Gasteiger partial charge in [-0.05, 0) is 0 Å². The number of fused-ring (bicyclic) bond motifs is 4. The van der Waals surface area contributed by atoms with E-state index in [4.69, 9.17) is 0 Å². The SMILES string of the molecule is c1ccc(-n2c3ccccc3c3cc(N(c4cc[c]([Ge]([c]5ccccc5)([c]5ccccc5)[c]5ccccc5)cc4)c4ccc5ccccc5c4)ccc32)cc1. The van der Waals surface area contributed by atoms with Gasteiger partial charge in [0.05, 0.1) is 0 Å². The molecule has 0 saturated heterocycles. The Labute approximate surface area is 324 Å².